The van der Waals surface area contributed by atoms with Crippen molar-refractivity contribution in [1.29, 1.82) is 0 Å². The van der Waals surface area contributed by atoms with Crippen molar-refractivity contribution in [3.8, 4) is 0 Å². The summed E-state index contributed by atoms with van der Waals surface area (Å²) in [7, 11) is -9.91. The molecule has 0 saturated carbocycles. The summed E-state index contributed by atoms with van der Waals surface area (Å²) in [5.41, 5.74) is 0. The summed E-state index contributed by atoms with van der Waals surface area (Å²) in [4.78, 5) is 72.8. The van der Waals surface area contributed by atoms with Gasteiger partial charge in [-0.1, -0.05) is 331 Å². The summed E-state index contributed by atoms with van der Waals surface area (Å²) >= 11 is 0. The van der Waals surface area contributed by atoms with E-state index in [0.717, 1.165) is 114 Å². The van der Waals surface area contributed by atoms with Gasteiger partial charge in [0, 0.05) is 25.7 Å². The van der Waals surface area contributed by atoms with Gasteiger partial charge in [-0.2, -0.15) is 0 Å². The largest absolute Gasteiger partial charge is 0.472 e. The maximum Gasteiger partial charge on any atom is 0.472 e. The Kier molecular flexibility index (Phi) is 64.0. The van der Waals surface area contributed by atoms with Crippen LogP contribution >= 0.6 is 15.6 Å². The van der Waals surface area contributed by atoms with Crippen LogP contribution in [0.5, 0.6) is 0 Å². The third-order valence-electron chi connectivity index (χ3n) is 17.9. The average molecular weight is 1400 g/mol. The highest BCUT2D eigenvalue weighted by molar-refractivity contribution is 7.47. The summed E-state index contributed by atoms with van der Waals surface area (Å²) in [5.74, 6) is 0.939. The van der Waals surface area contributed by atoms with E-state index in [1.807, 2.05) is 0 Å². The highest BCUT2D eigenvalue weighted by Crippen LogP contribution is 2.45. The molecule has 19 heteroatoms. The molecule has 4 unspecified atom stereocenters. The topological polar surface area (TPSA) is 237 Å². The van der Waals surface area contributed by atoms with Crippen LogP contribution in [-0.2, 0) is 65.4 Å². The number of carbonyl (C=O) groups is 4. The van der Waals surface area contributed by atoms with Crippen LogP contribution in [0.4, 0.5) is 0 Å². The van der Waals surface area contributed by atoms with Gasteiger partial charge in [-0.25, -0.2) is 9.13 Å². The Hall–Kier alpha value is -1.94. The molecule has 0 aliphatic carbocycles. The molecule has 564 valence electrons. The second kappa shape index (κ2) is 65.4. The Morgan fingerprint density at radius 3 is 0.747 bits per heavy atom. The quantitative estimate of drug-likeness (QED) is 0.0222. The van der Waals surface area contributed by atoms with Crippen molar-refractivity contribution >= 4 is 39.5 Å². The maximum absolute atomic E-state index is 13.1. The number of phosphoric acid groups is 2. The van der Waals surface area contributed by atoms with Crippen LogP contribution in [-0.4, -0.2) is 96.7 Å². The first kappa shape index (κ1) is 93.1. The van der Waals surface area contributed by atoms with Crippen molar-refractivity contribution in [2.24, 2.45) is 23.7 Å². The molecule has 0 radical (unpaired) electrons. The molecule has 0 rings (SSSR count). The zero-order valence-corrected chi connectivity index (χ0v) is 64.1. The van der Waals surface area contributed by atoms with E-state index in [1.54, 1.807) is 0 Å². The Balaban J connectivity index is 5.23. The van der Waals surface area contributed by atoms with E-state index in [4.69, 9.17) is 37.0 Å². The minimum Gasteiger partial charge on any atom is -0.462 e. The van der Waals surface area contributed by atoms with Gasteiger partial charge in [0.25, 0.3) is 0 Å². The van der Waals surface area contributed by atoms with E-state index in [2.05, 4.69) is 55.4 Å². The number of hydrogen-bond donors (Lipinski definition) is 3. The van der Waals surface area contributed by atoms with Gasteiger partial charge in [-0.15, -0.1) is 0 Å². The lowest BCUT2D eigenvalue weighted by Gasteiger charge is -2.21. The van der Waals surface area contributed by atoms with E-state index in [-0.39, 0.29) is 25.7 Å². The van der Waals surface area contributed by atoms with Crippen molar-refractivity contribution in [2.45, 2.75) is 401 Å². The lowest BCUT2D eigenvalue weighted by molar-refractivity contribution is -0.161. The molecular formula is C76H148O17P2. The third kappa shape index (κ3) is 69.0. The average Bonchev–Trinajstić information content (AvgIpc) is 1.99. The molecule has 0 aliphatic heterocycles. The summed E-state index contributed by atoms with van der Waals surface area (Å²) in [5, 5.41) is 10.6. The molecule has 6 atom stereocenters. The number of aliphatic hydroxyl groups excluding tert-OH is 1. The molecule has 0 fully saturated rings. The Morgan fingerprint density at radius 1 is 0.295 bits per heavy atom. The van der Waals surface area contributed by atoms with Gasteiger partial charge in [0.2, 0.25) is 0 Å². The van der Waals surface area contributed by atoms with Crippen LogP contribution in [0, 0.1) is 23.7 Å². The smallest absolute Gasteiger partial charge is 0.462 e. The number of phosphoric ester groups is 2. The maximum atomic E-state index is 13.1. The van der Waals surface area contributed by atoms with Crippen LogP contribution in [0.25, 0.3) is 0 Å². The first-order chi connectivity index (χ1) is 45.6. The summed E-state index contributed by atoms with van der Waals surface area (Å²) in [6.45, 7) is 14.2. The molecule has 0 aliphatic rings. The van der Waals surface area contributed by atoms with Gasteiger partial charge in [-0.05, 0) is 49.4 Å². The van der Waals surface area contributed by atoms with Crippen molar-refractivity contribution < 1.29 is 80.2 Å². The molecule has 0 aromatic carbocycles. The molecule has 0 aromatic rings. The number of rotatable bonds is 73. The summed E-state index contributed by atoms with van der Waals surface area (Å²) in [6.07, 6.45) is 50.0. The molecule has 0 bridgehead atoms. The molecule has 0 heterocycles. The van der Waals surface area contributed by atoms with E-state index >= 15 is 0 Å². The third-order valence-corrected chi connectivity index (χ3v) is 19.8. The van der Waals surface area contributed by atoms with Gasteiger partial charge in [0.1, 0.15) is 19.3 Å². The molecule has 0 saturated heterocycles. The van der Waals surface area contributed by atoms with Crippen molar-refractivity contribution in [2.75, 3.05) is 39.6 Å². The van der Waals surface area contributed by atoms with Crippen LogP contribution in [0.1, 0.15) is 383 Å². The van der Waals surface area contributed by atoms with Crippen LogP contribution < -0.4 is 0 Å². The number of carbonyl (C=O) groups excluding carboxylic acids is 4. The van der Waals surface area contributed by atoms with E-state index in [9.17, 15) is 43.2 Å². The van der Waals surface area contributed by atoms with Gasteiger partial charge in [0.05, 0.1) is 26.4 Å². The fourth-order valence-corrected chi connectivity index (χ4v) is 13.1. The predicted molar refractivity (Wildman–Crippen MR) is 386 cm³/mol. The predicted octanol–water partition coefficient (Wildman–Crippen LogP) is 22.0. The van der Waals surface area contributed by atoms with Gasteiger partial charge in [0.15, 0.2) is 12.2 Å². The monoisotopic (exact) mass is 1400 g/mol. The molecule has 95 heavy (non-hydrogen) atoms. The van der Waals surface area contributed by atoms with Crippen molar-refractivity contribution in [1.82, 2.24) is 0 Å². The Morgan fingerprint density at radius 2 is 0.505 bits per heavy atom. The highest BCUT2D eigenvalue weighted by atomic mass is 31.2. The number of hydrogen-bond acceptors (Lipinski definition) is 15. The minimum atomic E-state index is -4.96. The fourth-order valence-electron chi connectivity index (χ4n) is 11.5. The van der Waals surface area contributed by atoms with E-state index in [0.29, 0.717) is 31.6 Å². The zero-order valence-electron chi connectivity index (χ0n) is 62.3. The van der Waals surface area contributed by atoms with Crippen molar-refractivity contribution in [3.63, 3.8) is 0 Å². The van der Waals surface area contributed by atoms with Gasteiger partial charge < -0.3 is 33.8 Å². The van der Waals surface area contributed by atoms with E-state index < -0.39 is 97.5 Å². The molecule has 17 nitrogen and oxygen atoms in total. The molecule has 0 spiro atoms. The number of ether oxygens (including phenoxy) is 4. The molecule has 0 amide bonds. The SMILES string of the molecule is CCC(C)CCCCCCCCCCCCC(=O)O[C@H](COC(=O)CCCCCCCCCCCC(C)C)COP(=O)(O)OCC(O)COP(=O)(O)OC[C@@H](COC(=O)CCCCCCCCCC(C)C)OC(=O)CCCCCCCCCCCCCCCCCCC(C)C. The van der Waals surface area contributed by atoms with Crippen molar-refractivity contribution in [3.05, 3.63) is 0 Å². The van der Waals surface area contributed by atoms with E-state index in [1.165, 1.54) is 180 Å². The molecular weight excluding hydrogens is 1250 g/mol. The number of esters is 4. The minimum absolute atomic E-state index is 0.105. The Bertz CT molecular complexity index is 1870. The van der Waals surface area contributed by atoms with Gasteiger partial charge >= 0.3 is 39.5 Å². The molecule has 3 N–H and O–H groups in total. The standard InChI is InChI=1S/C76H148O17P2/c1-9-69(8)55-47-39-31-23-18-19-25-34-43-51-59-76(81)92-71(62-86-73(78)56-48-40-32-26-20-22-29-37-45-53-67(4)5)64-90-94(82,83)88-60-70(77)61-89-95(84,85)91-65-72(63-87-74(79)57-49-41-35-27-30-38-46-54-68(6)7)93-75(80)58-50-42-33-24-17-15-13-11-10-12-14-16-21-28-36-44-52-66(2)3/h66-72,77H,9-65H2,1-8H3,(H,82,83)(H,84,85)/t69?,70?,71-,72-/m1/s1. The molecule has 0 aromatic heterocycles. The second-order valence-corrected chi connectivity index (χ2v) is 32.0. The van der Waals surface area contributed by atoms with Crippen LogP contribution in [0.3, 0.4) is 0 Å². The summed E-state index contributed by atoms with van der Waals surface area (Å²) < 4.78 is 68.5. The zero-order chi connectivity index (χ0) is 70.3. The first-order valence-corrected chi connectivity index (χ1v) is 42.2. The fraction of sp³-hybridized carbons (Fsp3) is 0.947. The lowest BCUT2D eigenvalue weighted by atomic mass is 9.99. The Labute approximate surface area is 581 Å². The lowest BCUT2D eigenvalue weighted by Crippen LogP contribution is -2.30. The van der Waals surface area contributed by atoms with Crippen LogP contribution in [0.15, 0.2) is 0 Å². The summed E-state index contributed by atoms with van der Waals surface area (Å²) in [6, 6.07) is 0. The highest BCUT2D eigenvalue weighted by Gasteiger charge is 2.30. The number of aliphatic hydroxyl groups is 1. The first-order valence-electron chi connectivity index (χ1n) is 39.2. The normalized spacial score (nSPS) is 14.4. The van der Waals surface area contributed by atoms with Crippen LogP contribution in [0.2, 0.25) is 0 Å². The second-order valence-electron chi connectivity index (χ2n) is 29.1. The van der Waals surface area contributed by atoms with Gasteiger partial charge in [-0.3, -0.25) is 37.3 Å². The number of unbranched alkanes of at least 4 members (excludes halogenated alkanes) is 38.